The molecule has 0 spiro atoms. The van der Waals surface area contributed by atoms with E-state index in [1.807, 2.05) is 0 Å². The normalized spacial score (nSPS) is 48.2. The van der Waals surface area contributed by atoms with Gasteiger partial charge in [0, 0.05) is 0 Å². The van der Waals surface area contributed by atoms with Crippen molar-refractivity contribution in [3.8, 4) is 0 Å². The summed E-state index contributed by atoms with van der Waals surface area (Å²) in [5, 5.41) is 36.2. The summed E-state index contributed by atoms with van der Waals surface area (Å²) in [5.41, 5.74) is -1.16. The van der Waals surface area contributed by atoms with Crippen LogP contribution in [0.15, 0.2) is 0 Å². The molecule has 1 heterocycles. The number of ether oxygens (including phenoxy) is 1. The van der Waals surface area contributed by atoms with Crippen LogP contribution in [-0.4, -0.2) is 57.6 Å². The van der Waals surface area contributed by atoms with E-state index < -0.39 is 23.9 Å². The summed E-state index contributed by atoms with van der Waals surface area (Å²) in [7, 11) is 0. The zero-order chi connectivity index (χ0) is 9.35. The number of hydrogen-bond acceptors (Lipinski definition) is 5. The van der Waals surface area contributed by atoms with E-state index in [2.05, 4.69) is 0 Å². The fourth-order valence-corrected chi connectivity index (χ4v) is 1.33. The maximum absolute atomic E-state index is 9.37. The number of aliphatic hydroxyl groups is 4. The van der Waals surface area contributed by atoms with Crippen LogP contribution in [0.3, 0.4) is 0 Å². The third kappa shape index (κ3) is 1.34. The fraction of sp³-hybridized carbons (Fsp3) is 1.00. The van der Waals surface area contributed by atoms with Crippen LogP contribution in [0, 0.1) is 0 Å². The monoisotopic (exact) mass is 178 g/mol. The molecule has 1 rings (SSSR count). The highest BCUT2D eigenvalue weighted by Crippen LogP contribution is 2.30. The highest BCUT2D eigenvalue weighted by molar-refractivity contribution is 4.98. The molecule has 1 aliphatic rings. The minimum atomic E-state index is -1.16. The topological polar surface area (TPSA) is 90.2 Å². The Morgan fingerprint density at radius 3 is 2.17 bits per heavy atom. The molecule has 0 aromatic carbocycles. The fourth-order valence-electron chi connectivity index (χ4n) is 1.33. The molecule has 1 fully saturated rings. The Bertz CT molecular complexity index is 162. The van der Waals surface area contributed by atoms with E-state index in [1.54, 1.807) is 0 Å². The van der Waals surface area contributed by atoms with Gasteiger partial charge in [0.25, 0.3) is 0 Å². The summed E-state index contributed by atoms with van der Waals surface area (Å²) in [4.78, 5) is 0. The first-order valence-corrected chi connectivity index (χ1v) is 3.81. The van der Waals surface area contributed by atoms with E-state index in [1.165, 1.54) is 6.92 Å². The molecule has 5 heteroatoms. The summed E-state index contributed by atoms with van der Waals surface area (Å²) < 4.78 is 5.07. The Morgan fingerprint density at radius 2 is 1.92 bits per heavy atom. The van der Waals surface area contributed by atoms with Gasteiger partial charge in [-0.25, -0.2) is 0 Å². The minimum Gasteiger partial charge on any atom is -0.394 e. The van der Waals surface area contributed by atoms with Gasteiger partial charge in [0.05, 0.1) is 13.2 Å². The van der Waals surface area contributed by atoms with E-state index in [4.69, 9.17) is 14.9 Å². The van der Waals surface area contributed by atoms with Gasteiger partial charge in [-0.1, -0.05) is 0 Å². The molecule has 0 aromatic heterocycles. The van der Waals surface area contributed by atoms with Crippen LogP contribution in [0.5, 0.6) is 0 Å². The summed E-state index contributed by atoms with van der Waals surface area (Å²) >= 11 is 0. The van der Waals surface area contributed by atoms with Crippen LogP contribution in [-0.2, 0) is 4.74 Å². The van der Waals surface area contributed by atoms with Crippen LogP contribution < -0.4 is 0 Å². The number of rotatable bonds is 2. The van der Waals surface area contributed by atoms with E-state index in [0.717, 1.165) is 0 Å². The van der Waals surface area contributed by atoms with Gasteiger partial charge in [-0.3, -0.25) is 0 Å². The van der Waals surface area contributed by atoms with Crippen LogP contribution in [0.1, 0.15) is 6.92 Å². The zero-order valence-corrected chi connectivity index (χ0v) is 6.84. The second-order valence-corrected chi connectivity index (χ2v) is 3.25. The Hall–Kier alpha value is -0.200. The van der Waals surface area contributed by atoms with Crippen molar-refractivity contribution in [2.45, 2.75) is 30.8 Å². The second kappa shape index (κ2) is 3.27. The molecule has 0 radical (unpaired) electrons. The Balaban J connectivity index is 2.72. The van der Waals surface area contributed by atoms with E-state index in [0.29, 0.717) is 0 Å². The van der Waals surface area contributed by atoms with E-state index >= 15 is 0 Å². The molecule has 0 aliphatic carbocycles. The molecule has 12 heavy (non-hydrogen) atoms. The maximum Gasteiger partial charge on any atom is 0.117 e. The molecule has 4 atom stereocenters. The highest BCUT2D eigenvalue weighted by atomic mass is 16.6. The number of aliphatic hydroxyl groups excluding tert-OH is 4. The lowest BCUT2D eigenvalue weighted by molar-refractivity contribution is -0.106. The molecule has 0 unspecified atom stereocenters. The molecule has 72 valence electrons. The first-order chi connectivity index (χ1) is 5.55. The standard InChI is InChI=1S/C7H14O5/c1-7(3-9)6(11)5(10)4(2-8)12-7/h4-6,8-11H,2-3H2,1H3/t4-,5-,6+,7+/m1/s1. The number of hydrogen-bond donors (Lipinski definition) is 4. The van der Waals surface area contributed by atoms with Crippen molar-refractivity contribution in [1.29, 1.82) is 0 Å². The Morgan fingerprint density at radius 1 is 1.33 bits per heavy atom. The third-order valence-corrected chi connectivity index (χ3v) is 2.24. The predicted octanol–water partition coefficient (Wildman–Crippen LogP) is -2.15. The second-order valence-electron chi connectivity index (χ2n) is 3.25. The molecule has 0 amide bonds. The average Bonchev–Trinajstić information content (AvgIpc) is 2.31. The molecule has 0 bridgehead atoms. The van der Waals surface area contributed by atoms with Gasteiger partial charge in [-0.15, -0.1) is 0 Å². The Labute approximate surface area is 70.2 Å². The SMILES string of the molecule is C[C@@]1(CO)O[C@H](CO)[C@@H](O)[C@@H]1O. The van der Waals surface area contributed by atoms with E-state index in [-0.39, 0.29) is 13.2 Å². The minimum absolute atomic E-state index is 0.367. The van der Waals surface area contributed by atoms with Crippen molar-refractivity contribution < 1.29 is 25.2 Å². The lowest BCUT2D eigenvalue weighted by atomic mass is 9.98. The summed E-state index contributed by atoms with van der Waals surface area (Å²) in [6.07, 6.45) is -3.09. The molecular formula is C7H14O5. The van der Waals surface area contributed by atoms with Crippen molar-refractivity contribution in [2.75, 3.05) is 13.2 Å². The lowest BCUT2D eigenvalue weighted by Crippen LogP contribution is -2.43. The molecule has 0 aromatic rings. The van der Waals surface area contributed by atoms with Crippen LogP contribution >= 0.6 is 0 Å². The van der Waals surface area contributed by atoms with Crippen molar-refractivity contribution in [1.82, 2.24) is 0 Å². The first-order valence-electron chi connectivity index (χ1n) is 3.81. The zero-order valence-electron chi connectivity index (χ0n) is 6.84. The molecule has 1 aliphatic heterocycles. The van der Waals surface area contributed by atoms with Crippen LogP contribution in [0.4, 0.5) is 0 Å². The predicted molar refractivity (Wildman–Crippen MR) is 39.5 cm³/mol. The van der Waals surface area contributed by atoms with Gasteiger partial charge >= 0.3 is 0 Å². The third-order valence-electron chi connectivity index (χ3n) is 2.24. The van der Waals surface area contributed by atoms with Crippen molar-refractivity contribution in [3.63, 3.8) is 0 Å². The molecule has 1 saturated heterocycles. The van der Waals surface area contributed by atoms with Gasteiger partial charge in [-0.2, -0.15) is 0 Å². The van der Waals surface area contributed by atoms with Gasteiger partial charge in [0.15, 0.2) is 0 Å². The van der Waals surface area contributed by atoms with Gasteiger partial charge < -0.3 is 25.2 Å². The van der Waals surface area contributed by atoms with Crippen molar-refractivity contribution >= 4 is 0 Å². The molecular weight excluding hydrogens is 164 g/mol. The van der Waals surface area contributed by atoms with Crippen molar-refractivity contribution in [2.24, 2.45) is 0 Å². The highest BCUT2D eigenvalue weighted by Gasteiger charge is 2.50. The molecule has 5 nitrogen and oxygen atoms in total. The smallest absolute Gasteiger partial charge is 0.117 e. The molecule has 0 saturated carbocycles. The Kier molecular flexibility index (Phi) is 2.70. The maximum atomic E-state index is 9.37. The van der Waals surface area contributed by atoms with Gasteiger partial charge in [-0.05, 0) is 6.92 Å². The molecule has 4 N–H and O–H groups in total. The van der Waals surface area contributed by atoms with Gasteiger partial charge in [0.1, 0.15) is 23.9 Å². The van der Waals surface area contributed by atoms with Crippen molar-refractivity contribution in [3.05, 3.63) is 0 Å². The summed E-state index contributed by atoms with van der Waals surface area (Å²) in [6, 6.07) is 0. The lowest BCUT2D eigenvalue weighted by Gasteiger charge is -2.24. The quantitative estimate of drug-likeness (QED) is 0.387. The summed E-state index contributed by atoms with van der Waals surface area (Å²) in [5.74, 6) is 0. The summed E-state index contributed by atoms with van der Waals surface area (Å²) in [6.45, 7) is 0.728. The van der Waals surface area contributed by atoms with E-state index in [9.17, 15) is 10.2 Å². The largest absolute Gasteiger partial charge is 0.394 e. The van der Waals surface area contributed by atoms with Crippen LogP contribution in [0.2, 0.25) is 0 Å². The van der Waals surface area contributed by atoms with Gasteiger partial charge in [0.2, 0.25) is 0 Å². The van der Waals surface area contributed by atoms with Crippen LogP contribution in [0.25, 0.3) is 0 Å². The average molecular weight is 178 g/mol. The first kappa shape index (κ1) is 9.88.